The second-order valence-electron chi connectivity index (χ2n) is 6.31. The molecule has 3 rings (SSSR count). The van der Waals surface area contributed by atoms with Crippen molar-refractivity contribution in [3.05, 3.63) is 48.2 Å². The van der Waals surface area contributed by atoms with Crippen molar-refractivity contribution in [2.24, 2.45) is 0 Å². The molecule has 2 atom stereocenters. The van der Waals surface area contributed by atoms with Crippen molar-refractivity contribution in [2.45, 2.75) is 44.9 Å². The lowest BCUT2D eigenvalue weighted by molar-refractivity contribution is 0.0815. The van der Waals surface area contributed by atoms with Crippen LogP contribution in [-0.4, -0.2) is 28.5 Å². The zero-order valence-electron chi connectivity index (χ0n) is 14.1. The van der Waals surface area contributed by atoms with E-state index < -0.39 is 0 Å². The molecule has 1 fully saturated rings. The number of aromatic nitrogens is 2. The number of nitrogens with zero attached hydrogens (tertiary/aromatic N) is 2. The first-order valence-electron chi connectivity index (χ1n) is 8.42. The first-order chi connectivity index (χ1) is 11.6. The van der Waals surface area contributed by atoms with E-state index in [-0.39, 0.29) is 24.2 Å². The molecule has 2 heterocycles. The van der Waals surface area contributed by atoms with Gasteiger partial charge >= 0.3 is 6.03 Å². The van der Waals surface area contributed by atoms with Gasteiger partial charge in [-0.1, -0.05) is 30.3 Å². The molecule has 1 aromatic carbocycles. The van der Waals surface area contributed by atoms with Crippen LogP contribution in [0.25, 0.3) is 0 Å². The number of nitrogens with one attached hydrogen (secondary N) is 2. The zero-order valence-corrected chi connectivity index (χ0v) is 14.1. The van der Waals surface area contributed by atoms with Gasteiger partial charge in [-0.15, -0.1) is 0 Å². The molecule has 6 heteroatoms. The lowest BCUT2D eigenvalue weighted by Crippen LogP contribution is -2.38. The highest BCUT2D eigenvalue weighted by atomic mass is 16.5. The average Bonchev–Trinajstić information content (AvgIpc) is 3.25. The minimum absolute atomic E-state index is 0.00590. The van der Waals surface area contributed by atoms with E-state index in [1.54, 1.807) is 6.07 Å². The third-order valence-corrected chi connectivity index (χ3v) is 4.16. The Labute approximate surface area is 142 Å². The van der Waals surface area contributed by atoms with Gasteiger partial charge in [0.15, 0.2) is 5.82 Å². The first kappa shape index (κ1) is 16.5. The van der Waals surface area contributed by atoms with Gasteiger partial charge in [-0.25, -0.2) is 4.79 Å². The summed E-state index contributed by atoms with van der Waals surface area (Å²) in [6, 6.07) is 11.6. The van der Waals surface area contributed by atoms with Gasteiger partial charge in [0.1, 0.15) is 0 Å². The second-order valence-corrected chi connectivity index (χ2v) is 6.31. The highest BCUT2D eigenvalue weighted by Gasteiger charge is 2.28. The number of carbonyl (C=O) groups excluding carboxylic acids is 1. The number of rotatable bonds is 5. The summed E-state index contributed by atoms with van der Waals surface area (Å²) in [4.78, 5) is 12.4. The van der Waals surface area contributed by atoms with Crippen LogP contribution in [0.1, 0.15) is 44.3 Å². The van der Waals surface area contributed by atoms with Gasteiger partial charge in [0.25, 0.3) is 0 Å². The van der Waals surface area contributed by atoms with Crippen LogP contribution in [0.3, 0.4) is 0 Å². The van der Waals surface area contributed by atoms with E-state index in [0.717, 1.165) is 25.0 Å². The molecule has 24 heavy (non-hydrogen) atoms. The van der Waals surface area contributed by atoms with E-state index in [0.29, 0.717) is 5.82 Å². The molecule has 1 aromatic heterocycles. The van der Waals surface area contributed by atoms with Crippen LogP contribution in [0.2, 0.25) is 0 Å². The molecule has 128 valence electrons. The van der Waals surface area contributed by atoms with Crippen LogP contribution in [0, 0.1) is 0 Å². The molecule has 0 bridgehead atoms. The zero-order chi connectivity index (χ0) is 16.9. The van der Waals surface area contributed by atoms with Crippen molar-refractivity contribution in [3.8, 4) is 0 Å². The molecule has 2 N–H and O–H groups in total. The predicted molar refractivity (Wildman–Crippen MR) is 92.9 cm³/mol. The van der Waals surface area contributed by atoms with Crippen LogP contribution in [0.15, 0.2) is 42.6 Å². The Kier molecular flexibility index (Phi) is 5.15. The normalized spacial score (nSPS) is 18.5. The molecule has 0 radical (unpaired) electrons. The Balaban J connectivity index is 1.68. The van der Waals surface area contributed by atoms with E-state index in [4.69, 9.17) is 4.74 Å². The van der Waals surface area contributed by atoms with Gasteiger partial charge in [-0.3, -0.25) is 10.00 Å². The Morgan fingerprint density at radius 2 is 2.08 bits per heavy atom. The fourth-order valence-corrected chi connectivity index (χ4v) is 2.90. The fourth-order valence-electron chi connectivity index (χ4n) is 2.90. The maximum atomic E-state index is 12.4. The lowest BCUT2D eigenvalue weighted by Gasteiger charge is -2.24. The van der Waals surface area contributed by atoms with Crippen molar-refractivity contribution >= 4 is 11.8 Å². The molecule has 2 amide bonds. The largest absolute Gasteiger partial charge is 0.376 e. The van der Waals surface area contributed by atoms with Crippen LogP contribution in [0.4, 0.5) is 10.6 Å². The van der Waals surface area contributed by atoms with Crippen LogP contribution >= 0.6 is 0 Å². The molecule has 1 saturated heterocycles. The van der Waals surface area contributed by atoms with Crippen LogP contribution in [0.5, 0.6) is 0 Å². The highest BCUT2D eigenvalue weighted by molar-refractivity contribution is 5.88. The number of anilines is 1. The third kappa shape index (κ3) is 3.94. The molecule has 0 spiro atoms. The summed E-state index contributed by atoms with van der Waals surface area (Å²) in [5.74, 6) is 0.542. The van der Waals surface area contributed by atoms with Crippen LogP contribution in [-0.2, 0) is 4.74 Å². The molecular formula is C18H24N4O2. The topological polar surface area (TPSA) is 68.2 Å². The molecule has 0 saturated carbocycles. The van der Waals surface area contributed by atoms with Gasteiger partial charge in [0.2, 0.25) is 0 Å². The van der Waals surface area contributed by atoms with Crippen molar-refractivity contribution in [2.75, 3.05) is 11.9 Å². The van der Waals surface area contributed by atoms with E-state index in [1.165, 1.54) is 0 Å². The number of hydrogen-bond donors (Lipinski definition) is 2. The summed E-state index contributed by atoms with van der Waals surface area (Å²) in [5, 5.41) is 10.2. The smallest absolute Gasteiger partial charge is 0.321 e. The maximum Gasteiger partial charge on any atom is 0.321 e. The highest BCUT2D eigenvalue weighted by Crippen LogP contribution is 2.27. The molecule has 1 aliphatic heterocycles. The summed E-state index contributed by atoms with van der Waals surface area (Å²) in [5.41, 5.74) is 1.05. The second kappa shape index (κ2) is 7.49. The number of amides is 2. The molecule has 0 unspecified atom stereocenters. The van der Waals surface area contributed by atoms with Crippen molar-refractivity contribution in [3.63, 3.8) is 0 Å². The molecule has 2 aromatic rings. The molecule has 6 nitrogen and oxygen atoms in total. The van der Waals surface area contributed by atoms with Crippen molar-refractivity contribution in [1.82, 2.24) is 15.1 Å². The molecule has 1 aliphatic rings. The van der Waals surface area contributed by atoms with E-state index in [1.807, 2.05) is 55.1 Å². The summed E-state index contributed by atoms with van der Waals surface area (Å²) < 4.78 is 7.60. The van der Waals surface area contributed by atoms with Crippen molar-refractivity contribution < 1.29 is 9.53 Å². The Bertz CT molecular complexity index is 663. The summed E-state index contributed by atoms with van der Waals surface area (Å²) in [7, 11) is 0. The number of hydrogen-bond acceptors (Lipinski definition) is 3. The van der Waals surface area contributed by atoms with Gasteiger partial charge in [-0.05, 0) is 32.3 Å². The number of urea groups is 1. The summed E-state index contributed by atoms with van der Waals surface area (Å²) in [6.45, 7) is 4.83. The molecular weight excluding hydrogens is 304 g/mol. The minimum Gasteiger partial charge on any atom is -0.376 e. The van der Waals surface area contributed by atoms with E-state index >= 15 is 0 Å². The van der Waals surface area contributed by atoms with Gasteiger partial charge < -0.3 is 10.1 Å². The Morgan fingerprint density at radius 3 is 2.71 bits per heavy atom. The van der Waals surface area contributed by atoms with Crippen molar-refractivity contribution in [1.29, 1.82) is 0 Å². The number of benzene rings is 1. The van der Waals surface area contributed by atoms with E-state index in [2.05, 4.69) is 15.7 Å². The fraction of sp³-hybridized carbons (Fsp3) is 0.444. The summed E-state index contributed by atoms with van der Waals surface area (Å²) in [6.07, 6.45) is 3.83. The standard InChI is InChI=1S/C18H24N4O2/c1-13(2)22-11-10-16(21-22)19-18(23)20-17(15-9-6-12-24-15)14-7-4-3-5-8-14/h3-5,7-8,10-11,13,15,17H,6,9,12H2,1-2H3,(H2,19,20,21,23)/t15-,17+/m1/s1. The van der Waals surface area contributed by atoms with E-state index in [9.17, 15) is 4.79 Å². The van der Waals surface area contributed by atoms with Gasteiger partial charge in [0.05, 0.1) is 12.1 Å². The van der Waals surface area contributed by atoms with Gasteiger partial charge in [-0.2, -0.15) is 5.10 Å². The SMILES string of the molecule is CC(C)n1ccc(NC(=O)N[C@@H](c2ccccc2)[C@H]2CCCO2)n1. The first-order valence-corrected chi connectivity index (χ1v) is 8.42. The number of carbonyl (C=O) groups is 1. The summed E-state index contributed by atoms with van der Waals surface area (Å²) >= 11 is 0. The Hall–Kier alpha value is -2.34. The predicted octanol–water partition coefficient (Wildman–Crippen LogP) is 3.51. The number of ether oxygens (including phenoxy) is 1. The quantitative estimate of drug-likeness (QED) is 0.882. The third-order valence-electron chi connectivity index (χ3n) is 4.16. The van der Waals surface area contributed by atoms with Gasteiger partial charge in [0, 0.05) is 24.9 Å². The Morgan fingerprint density at radius 1 is 1.29 bits per heavy atom. The lowest BCUT2D eigenvalue weighted by atomic mass is 9.99. The van der Waals surface area contributed by atoms with Crippen LogP contribution < -0.4 is 10.6 Å². The molecule has 0 aliphatic carbocycles. The maximum absolute atomic E-state index is 12.4. The minimum atomic E-state index is -0.270. The average molecular weight is 328 g/mol. The monoisotopic (exact) mass is 328 g/mol.